The van der Waals surface area contributed by atoms with Gasteiger partial charge >= 0.3 is 0 Å². The average molecular weight is 334 g/mol. The zero-order valence-corrected chi connectivity index (χ0v) is 13.4. The van der Waals surface area contributed by atoms with Crippen molar-refractivity contribution in [1.82, 2.24) is 0 Å². The second-order valence-electron chi connectivity index (χ2n) is 5.64. The van der Waals surface area contributed by atoms with Crippen molar-refractivity contribution in [2.45, 2.75) is 70.9 Å². The predicted molar refractivity (Wildman–Crippen MR) is 81.0 cm³/mol. The van der Waals surface area contributed by atoms with Crippen molar-refractivity contribution in [2.75, 3.05) is 0 Å². The highest BCUT2D eigenvalue weighted by Crippen LogP contribution is 2.30. The lowest BCUT2D eigenvalue weighted by Crippen LogP contribution is -2.18. The largest absolute Gasteiger partial charge is 0.346 e. The molecule has 23 heavy (non-hydrogen) atoms. The first-order chi connectivity index (χ1) is 11.0. The minimum Gasteiger partial charge on any atom is -0.346 e. The smallest absolute Gasteiger partial charge is 0.267 e. The van der Waals surface area contributed by atoms with E-state index in [9.17, 15) is 13.2 Å². The molecule has 0 saturated heterocycles. The third kappa shape index (κ3) is 7.33. The number of halogens is 3. The van der Waals surface area contributed by atoms with E-state index in [0.29, 0.717) is 18.6 Å². The maximum absolute atomic E-state index is 13.8. The molecule has 1 atom stereocenters. The van der Waals surface area contributed by atoms with E-state index in [0.717, 1.165) is 32.1 Å². The van der Waals surface area contributed by atoms with Gasteiger partial charge in [-0.3, -0.25) is 0 Å². The fourth-order valence-corrected chi connectivity index (χ4v) is 2.58. The molecule has 132 valence electrons. The van der Waals surface area contributed by atoms with Gasteiger partial charge in [-0.1, -0.05) is 51.9 Å². The zero-order valence-electron chi connectivity index (χ0n) is 13.4. The molecule has 0 spiro atoms. The normalized spacial score (nSPS) is 12.8. The third-order valence-corrected chi connectivity index (χ3v) is 3.72. The molecule has 2 N–H and O–H groups in total. The Hall–Kier alpha value is -1.11. The number of aliphatic hydroxyl groups is 2. The summed E-state index contributed by atoms with van der Waals surface area (Å²) in [4.78, 5) is 0. The number of benzene rings is 1. The Morgan fingerprint density at radius 2 is 1.43 bits per heavy atom. The van der Waals surface area contributed by atoms with Crippen molar-refractivity contribution in [1.29, 1.82) is 0 Å². The Balaban J connectivity index is 2.60. The highest BCUT2D eigenvalue weighted by atomic mass is 19.1. The summed E-state index contributed by atoms with van der Waals surface area (Å²) in [5.41, 5.74) is -0.467. The summed E-state index contributed by atoms with van der Waals surface area (Å²) in [6.45, 7) is -0.0121. The molecule has 0 heterocycles. The van der Waals surface area contributed by atoms with Gasteiger partial charge in [-0.25, -0.2) is 13.2 Å². The minimum atomic E-state index is -2.14. The monoisotopic (exact) mass is 334 g/mol. The van der Waals surface area contributed by atoms with E-state index in [1.54, 1.807) is 0 Å². The summed E-state index contributed by atoms with van der Waals surface area (Å²) in [5, 5.41) is 17.9. The van der Waals surface area contributed by atoms with Crippen LogP contribution in [0.3, 0.4) is 0 Å². The van der Waals surface area contributed by atoms with Crippen LogP contribution >= 0.6 is 0 Å². The van der Waals surface area contributed by atoms with E-state index < -0.39 is 35.6 Å². The van der Waals surface area contributed by atoms with Crippen LogP contribution in [-0.4, -0.2) is 16.7 Å². The molecule has 0 amide bonds. The molecule has 0 bridgehead atoms. The number of aliphatic hydroxyl groups excluding tert-OH is 1. The molecule has 6 heteroatoms. The van der Waals surface area contributed by atoms with Crippen molar-refractivity contribution < 1.29 is 28.1 Å². The highest BCUT2D eigenvalue weighted by molar-refractivity contribution is 5.23. The third-order valence-electron chi connectivity index (χ3n) is 3.72. The Kier molecular flexibility index (Phi) is 9.21. The predicted octanol–water partition coefficient (Wildman–Crippen LogP) is 4.57. The Labute approximate surface area is 135 Å². The fourth-order valence-electron chi connectivity index (χ4n) is 2.58. The molecule has 0 aromatic heterocycles. The first-order valence-electron chi connectivity index (χ1n) is 8.11. The van der Waals surface area contributed by atoms with Gasteiger partial charge in [0.15, 0.2) is 0 Å². The van der Waals surface area contributed by atoms with Crippen LogP contribution in [0.5, 0.6) is 0 Å². The lowest BCUT2D eigenvalue weighted by Gasteiger charge is -2.20. The van der Waals surface area contributed by atoms with E-state index in [1.165, 1.54) is 6.42 Å². The van der Waals surface area contributed by atoms with Crippen molar-refractivity contribution in [3.63, 3.8) is 0 Å². The molecule has 0 fully saturated rings. The SMILES string of the molecule is CCCCCCCCCC(OC(O)O)c1c(F)cc(F)cc1F. The fraction of sp³-hybridized carbons (Fsp3) is 0.647. The number of hydrogen-bond acceptors (Lipinski definition) is 3. The molecular weight excluding hydrogens is 309 g/mol. The summed E-state index contributed by atoms with van der Waals surface area (Å²) in [6.07, 6.45) is 6.16. The van der Waals surface area contributed by atoms with Gasteiger partial charge in [0.05, 0.1) is 11.7 Å². The molecule has 0 saturated carbocycles. The molecule has 1 unspecified atom stereocenters. The van der Waals surface area contributed by atoms with Crippen LogP contribution in [-0.2, 0) is 4.74 Å². The van der Waals surface area contributed by atoms with Gasteiger partial charge < -0.3 is 14.9 Å². The van der Waals surface area contributed by atoms with Crippen LogP contribution in [0.15, 0.2) is 12.1 Å². The summed E-state index contributed by atoms with van der Waals surface area (Å²) >= 11 is 0. The van der Waals surface area contributed by atoms with Crippen molar-refractivity contribution in [3.8, 4) is 0 Å². The van der Waals surface area contributed by atoms with E-state index in [4.69, 9.17) is 14.9 Å². The maximum Gasteiger partial charge on any atom is 0.267 e. The van der Waals surface area contributed by atoms with E-state index in [2.05, 4.69) is 6.92 Å². The van der Waals surface area contributed by atoms with Crippen molar-refractivity contribution in [3.05, 3.63) is 35.1 Å². The van der Waals surface area contributed by atoms with Crippen molar-refractivity contribution in [2.24, 2.45) is 0 Å². The summed E-state index contributed by atoms with van der Waals surface area (Å²) in [6, 6.07) is 1.12. The first-order valence-corrected chi connectivity index (χ1v) is 8.11. The number of unbranched alkanes of at least 4 members (excludes halogenated alkanes) is 6. The van der Waals surface area contributed by atoms with Gasteiger partial charge in [0, 0.05) is 12.1 Å². The summed E-state index contributed by atoms with van der Waals surface area (Å²) in [7, 11) is 0. The molecular formula is C17H25F3O3. The molecule has 0 radical (unpaired) electrons. The lowest BCUT2D eigenvalue weighted by molar-refractivity contribution is -0.259. The molecule has 0 aliphatic rings. The number of rotatable bonds is 11. The molecule has 1 aromatic carbocycles. The molecule has 0 aliphatic carbocycles. The second-order valence-corrected chi connectivity index (χ2v) is 5.64. The quantitative estimate of drug-likeness (QED) is 0.460. The van der Waals surface area contributed by atoms with Crippen LogP contribution < -0.4 is 0 Å². The lowest BCUT2D eigenvalue weighted by atomic mass is 10.0. The Morgan fingerprint density at radius 1 is 0.913 bits per heavy atom. The van der Waals surface area contributed by atoms with E-state index in [-0.39, 0.29) is 6.42 Å². The number of ether oxygens (including phenoxy) is 1. The Morgan fingerprint density at radius 3 is 1.96 bits per heavy atom. The first kappa shape index (κ1) is 19.9. The van der Waals surface area contributed by atoms with Gasteiger partial charge in [-0.15, -0.1) is 0 Å². The molecule has 1 aromatic rings. The number of hydrogen-bond donors (Lipinski definition) is 2. The van der Waals surface area contributed by atoms with Crippen LogP contribution in [0, 0.1) is 17.5 Å². The van der Waals surface area contributed by atoms with Crippen LogP contribution in [0.2, 0.25) is 0 Å². The van der Waals surface area contributed by atoms with Crippen LogP contribution in [0.1, 0.15) is 70.0 Å². The molecule has 3 nitrogen and oxygen atoms in total. The molecule has 0 aliphatic heterocycles. The Bertz CT molecular complexity index is 443. The van der Waals surface area contributed by atoms with Gasteiger partial charge in [-0.2, -0.15) is 0 Å². The van der Waals surface area contributed by atoms with E-state index >= 15 is 0 Å². The topological polar surface area (TPSA) is 49.7 Å². The van der Waals surface area contributed by atoms with Gasteiger partial charge in [0.1, 0.15) is 17.5 Å². The summed E-state index contributed by atoms with van der Waals surface area (Å²) in [5.74, 6) is -3.20. The van der Waals surface area contributed by atoms with Gasteiger partial charge in [-0.05, 0) is 6.42 Å². The average Bonchev–Trinajstić information content (AvgIpc) is 2.44. The maximum atomic E-state index is 13.8. The van der Waals surface area contributed by atoms with Gasteiger partial charge in [0.2, 0.25) is 0 Å². The summed E-state index contributed by atoms with van der Waals surface area (Å²) < 4.78 is 45.4. The van der Waals surface area contributed by atoms with E-state index in [1.807, 2.05) is 0 Å². The highest BCUT2D eigenvalue weighted by Gasteiger charge is 2.23. The molecule has 1 rings (SSSR count). The minimum absolute atomic E-state index is 0.227. The van der Waals surface area contributed by atoms with Crippen molar-refractivity contribution >= 4 is 0 Å². The second kappa shape index (κ2) is 10.6. The van der Waals surface area contributed by atoms with Crippen LogP contribution in [0.25, 0.3) is 0 Å². The standard InChI is InChI=1S/C17H25F3O3/c1-2-3-4-5-6-7-8-9-15(23-17(21)22)16-13(19)10-12(18)11-14(16)20/h10-11,15,17,21-22H,2-9H2,1H3. The van der Waals surface area contributed by atoms with Gasteiger partial charge in [0.25, 0.3) is 6.48 Å². The zero-order chi connectivity index (χ0) is 17.2. The van der Waals surface area contributed by atoms with Crippen LogP contribution in [0.4, 0.5) is 13.2 Å².